The van der Waals surface area contributed by atoms with Gasteiger partial charge in [-0.2, -0.15) is 5.10 Å². The molecule has 1 amide bonds. The van der Waals surface area contributed by atoms with Crippen LogP contribution >= 0.6 is 22.6 Å². The molecule has 3 rings (SSSR count). The molecule has 0 saturated carbocycles. The molecule has 1 aromatic heterocycles. The first-order valence-electron chi connectivity index (χ1n) is 9.11. The van der Waals surface area contributed by atoms with E-state index in [1.165, 1.54) is 12.1 Å². The number of ether oxygens (including phenoxy) is 1. The van der Waals surface area contributed by atoms with Gasteiger partial charge in [0.2, 0.25) is 10.0 Å². The maximum absolute atomic E-state index is 12.4. The molecule has 0 spiro atoms. The smallest absolute Gasteiger partial charge is 0.271 e. The molecule has 0 aliphatic heterocycles. The third-order valence-corrected chi connectivity index (χ3v) is 6.50. The fourth-order valence-electron chi connectivity index (χ4n) is 3.13. The predicted molar refractivity (Wildman–Crippen MR) is 127 cm³/mol. The molecule has 31 heavy (non-hydrogen) atoms. The average molecular weight is 552 g/mol. The quantitative estimate of drug-likeness (QED) is 0.278. The monoisotopic (exact) mass is 552 g/mol. The Hall–Kier alpha value is -2.70. The molecular weight excluding hydrogens is 531 g/mol. The number of hydrogen-bond acceptors (Lipinski definition) is 5. The lowest BCUT2D eigenvalue weighted by Crippen LogP contribution is -2.17. The summed E-state index contributed by atoms with van der Waals surface area (Å²) in [6.07, 6.45) is 1.57. The second kappa shape index (κ2) is 9.20. The van der Waals surface area contributed by atoms with Gasteiger partial charge in [-0.15, -0.1) is 0 Å². The van der Waals surface area contributed by atoms with Crippen LogP contribution in [0.25, 0.3) is 5.69 Å². The van der Waals surface area contributed by atoms with Gasteiger partial charge in [-0.1, -0.05) is 0 Å². The highest BCUT2D eigenvalue weighted by atomic mass is 127. The zero-order valence-electron chi connectivity index (χ0n) is 17.1. The molecule has 2 aromatic carbocycles. The third-order valence-electron chi connectivity index (χ3n) is 4.68. The number of halogens is 1. The number of benzene rings is 2. The molecule has 3 aromatic rings. The highest BCUT2D eigenvalue weighted by molar-refractivity contribution is 14.1. The number of nitrogens with one attached hydrogen (secondary N) is 1. The minimum Gasteiger partial charge on any atom is -0.496 e. The minimum absolute atomic E-state index is 0.0513. The number of sulfonamides is 1. The van der Waals surface area contributed by atoms with E-state index in [4.69, 9.17) is 9.88 Å². The number of rotatable bonds is 6. The van der Waals surface area contributed by atoms with Gasteiger partial charge in [0, 0.05) is 28.2 Å². The van der Waals surface area contributed by atoms with Crippen molar-refractivity contribution in [3.63, 3.8) is 0 Å². The molecule has 8 nitrogen and oxygen atoms in total. The van der Waals surface area contributed by atoms with Crippen molar-refractivity contribution in [1.29, 1.82) is 0 Å². The number of carbonyl (C=O) groups excluding carboxylic acids is 1. The largest absolute Gasteiger partial charge is 0.496 e. The van der Waals surface area contributed by atoms with Crippen LogP contribution in [0.1, 0.15) is 27.3 Å². The van der Waals surface area contributed by atoms with Crippen LogP contribution in [0.2, 0.25) is 0 Å². The van der Waals surface area contributed by atoms with Crippen LogP contribution in [0, 0.1) is 17.4 Å². The van der Waals surface area contributed by atoms with Gasteiger partial charge in [-0.05, 0) is 85.0 Å². The normalized spacial score (nSPS) is 11.6. The highest BCUT2D eigenvalue weighted by Gasteiger charge is 2.12. The lowest BCUT2D eigenvalue weighted by atomic mass is 10.2. The molecule has 0 aliphatic carbocycles. The number of amides is 1. The van der Waals surface area contributed by atoms with Gasteiger partial charge in [-0.3, -0.25) is 4.79 Å². The Labute approximate surface area is 194 Å². The van der Waals surface area contributed by atoms with Crippen molar-refractivity contribution < 1.29 is 17.9 Å². The van der Waals surface area contributed by atoms with Gasteiger partial charge >= 0.3 is 0 Å². The molecule has 3 N–H and O–H groups in total. The Bertz CT molecular complexity index is 1270. The number of aryl methyl sites for hydroxylation is 1. The molecule has 0 unspecified atom stereocenters. The van der Waals surface area contributed by atoms with E-state index in [1.54, 1.807) is 43.7 Å². The summed E-state index contributed by atoms with van der Waals surface area (Å²) in [6, 6.07) is 13.4. The van der Waals surface area contributed by atoms with Crippen molar-refractivity contribution in [3.05, 3.63) is 74.6 Å². The number of hydrazone groups is 1. The van der Waals surface area contributed by atoms with Gasteiger partial charge in [0.15, 0.2) is 0 Å². The number of primary sulfonamides is 1. The van der Waals surface area contributed by atoms with E-state index in [-0.39, 0.29) is 10.8 Å². The second-order valence-electron chi connectivity index (χ2n) is 6.75. The van der Waals surface area contributed by atoms with Crippen molar-refractivity contribution >= 4 is 44.7 Å². The average Bonchev–Trinajstić information content (AvgIpc) is 3.01. The standard InChI is InChI=1S/C21H21IN4O4S/c1-13-10-16(12-24-25-21(27)15-4-9-19(22)20(11-15)30-3)14(2)26(13)17-5-7-18(8-6-17)31(23,28)29/h4-12H,1-3H3,(H,25,27)(H2,23,28,29)/b24-12+. The van der Waals surface area contributed by atoms with Gasteiger partial charge in [0.25, 0.3) is 5.91 Å². The molecule has 0 atom stereocenters. The summed E-state index contributed by atoms with van der Waals surface area (Å²) >= 11 is 2.13. The first kappa shape index (κ1) is 23.0. The number of aromatic nitrogens is 1. The van der Waals surface area contributed by atoms with Crippen molar-refractivity contribution in [2.45, 2.75) is 18.7 Å². The molecule has 0 saturated heterocycles. The first-order chi connectivity index (χ1) is 14.6. The maximum Gasteiger partial charge on any atom is 0.271 e. The Kier molecular flexibility index (Phi) is 6.82. The van der Waals surface area contributed by atoms with Gasteiger partial charge in [0.05, 0.1) is 21.8 Å². The fourth-order valence-corrected chi connectivity index (χ4v) is 4.20. The SMILES string of the molecule is COc1cc(C(=O)N/N=C/c2cc(C)n(-c3ccc(S(N)(=O)=O)cc3)c2C)ccc1I. The Balaban J connectivity index is 1.79. The lowest BCUT2D eigenvalue weighted by Gasteiger charge is -2.10. The predicted octanol–water partition coefficient (Wildman–Crippen LogP) is 3.12. The molecule has 0 fully saturated rings. The zero-order valence-corrected chi connectivity index (χ0v) is 20.1. The number of nitrogens with zero attached hydrogens (tertiary/aromatic N) is 2. The Morgan fingerprint density at radius 1 is 1.16 bits per heavy atom. The fraction of sp³-hybridized carbons (Fsp3) is 0.143. The zero-order chi connectivity index (χ0) is 22.8. The number of carbonyl (C=O) groups is 1. The molecule has 162 valence electrons. The maximum atomic E-state index is 12.4. The molecule has 0 aliphatic rings. The van der Waals surface area contributed by atoms with E-state index < -0.39 is 10.0 Å². The lowest BCUT2D eigenvalue weighted by molar-refractivity contribution is 0.0954. The van der Waals surface area contributed by atoms with Gasteiger partial charge in [0.1, 0.15) is 5.75 Å². The minimum atomic E-state index is -3.75. The second-order valence-corrected chi connectivity index (χ2v) is 9.47. The summed E-state index contributed by atoms with van der Waals surface area (Å²) in [5.74, 6) is 0.271. The molecular formula is C21H21IN4O4S. The van der Waals surface area contributed by atoms with E-state index in [2.05, 4.69) is 33.1 Å². The van der Waals surface area contributed by atoms with Crippen LogP contribution in [-0.4, -0.2) is 32.2 Å². The summed E-state index contributed by atoms with van der Waals surface area (Å²) in [6.45, 7) is 3.84. The van der Waals surface area contributed by atoms with Crippen molar-refractivity contribution in [2.75, 3.05) is 7.11 Å². The van der Waals surface area contributed by atoms with Crippen LogP contribution in [0.15, 0.2) is 58.5 Å². The van der Waals surface area contributed by atoms with E-state index in [1.807, 2.05) is 24.5 Å². The van der Waals surface area contributed by atoms with E-state index in [0.29, 0.717) is 11.3 Å². The number of methoxy groups -OCH3 is 1. The summed E-state index contributed by atoms with van der Waals surface area (Å²) < 4.78 is 31.0. The third kappa shape index (κ3) is 5.14. The van der Waals surface area contributed by atoms with E-state index in [9.17, 15) is 13.2 Å². The summed E-state index contributed by atoms with van der Waals surface area (Å²) in [5, 5.41) is 9.24. The number of nitrogens with two attached hydrogens (primary N) is 1. The van der Waals surface area contributed by atoms with Crippen LogP contribution in [0.4, 0.5) is 0 Å². The molecule has 0 bridgehead atoms. The van der Waals surface area contributed by atoms with Crippen molar-refractivity contribution in [2.24, 2.45) is 10.2 Å². The molecule has 0 radical (unpaired) electrons. The van der Waals surface area contributed by atoms with E-state index >= 15 is 0 Å². The van der Waals surface area contributed by atoms with Crippen LogP contribution in [-0.2, 0) is 10.0 Å². The van der Waals surface area contributed by atoms with Crippen LogP contribution in [0.3, 0.4) is 0 Å². The number of hydrogen-bond donors (Lipinski definition) is 2. The van der Waals surface area contributed by atoms with Crippen LogP contribution in [0.5, 0.6) is 5.75 Å². The van der Waals surface area contributed by atoms with Gasteiger partial charge in [-0.25, -0.2) is 19.0 Å². The topological polar surface area (TPSA) is 116 Å². The molecule has 10 heteroatoms. The molecule has 1 heterocycles. The van der Waals surface area contributed by atoms with Gasteiger partial charge < -0.3 is 9.30 Å². The summed E-state index contributed by atoms with van der Waals surface area (Å²) in [4.78, 5) is 12.4. The Morgan fingerprint density at radius 3 is 2.45 bits per heavy atom. The highest BCUT2D eigenvalue weighted by Crippen LogP contribution is 2.22. The van der Waals surface area contributed by atoms with Crippen LogP contribution < -0.4 is 15.3 Å². The summed E-state index contributed by atoms with van der Waals surface area (Å²) in [7, 11) is -2.19. The van der Waals surface area contributed by atoms with E-state index in [0.717, 1.165) is 26.2 Å². The van der Waals surface area contributed by atoms with Crippen molar-refractivity contribution in [1.82, 2.24) is 9.99 Å². The first-order valence-corrected chi connectivity index (χ1v) is 11.7. The summed E-state index contributed by atoms with van der Waals surface area (Å²) in [5.41, 5.74) is 6.37. The van der Waals surface area contributed by atoms with Crippen molar-refractivity contribution in [3.8, 4) is 11.4 Å². The Morgan fingerprint density at radius 2 is 1.84 bits per heavy atom.